The molecule has 2 saturated heterocycles. The van der Waals surface area contributed by atoms with Crippen molar-refractivity contribution in [2.45, 2.75) is 19.3 Å². The highest BCUT2D eigenvalue weighted by Gasteiger charge is 2.33. The van der Waals surface area contributed by atoms with E-state index in [9.17, 15) is 12.8 Å². The summed E-state index contributed by atoms with van der Waals surface area (Å²) >= 11 is 0. The Kier molecular flexibility index (Phi) is 5.16. The third-order valence-corrected chi connectivity index (χ3v) is 6.38. The number of rotatable bonds is 4. The second-order valence-electron chi connectivity index (χ2n) is 5.88. The van der Waals surface area contributed by atoms with Crippen molar-refractivity contribution in [3.8, 4) is 5.88 Å². The van der Waals surface area contributed by atoms with Crippen LogP contribution in [0.3, 0.4) is 0 Å². The van der Waals surface area contributed by atoms with E-state index in [0.29, 0.717) is 51.6 Å². The Morgan fingerprint density at radius 3 is 2.42 bits per heavy atom. The molecule has 0 unspecified atom stereocenters. The summed E-state index contributed by atoms with van der Waals surface area (Å²) in [5.41, 5.74) is 0. The quantitative estimate of drug-likeness (QED) is 0.778. The third-order valence-electron chi connectivity index (χ3n) is 4.35. The average molecular weight is 359 g/mol. The SMILES string of the molecule is COc1nc(N2CCCN(S(=O)(=O)N3CCCC3)CC2)ncc1F. The summed E-state index contributed by atoms with van der Waals surface area (Å²) in [5.74, 6) is -0.367. The number of methoxy groups -OCH3 is 1. The number of aromatic nitrogens is 2. The molecule has 1 aromatic heterocycles. The van der Waals surface area contributed by atoms with Crippen LogP contribution in [0.25, 0.3) is 0 Å². The van der Waals surface area contributed by atoms with Gasteiger partial charge in [-0.2, -0.15) is 26.4 Å². The lowest BCUT2D eigenvalue weighted by atomic mass is 10.4. The molecular formula is C14H22FN5O3S. The van der Waals surface area contributed by atoms with Crippen LogP contribution in [0.5, 0.6) is 5.88 Å². The molecule has 0 amide bonds. The normalized spacial score (nSPS) is 21.0. The first-order valence-electron chi connectivity index (χ1n) is 8.09. The molecule has 134 valence electrons. The Hall–Kier alpha value is -1.52. The minimum absolute atomic E-state index is 0.106. The molecule has 3 rings (SSSR count). The Balaban J connectivity index is 1.71. The van der Waals surface area contributed by atoms with Crippen molar-refractivity contribution in [2.24, 2.45) is 0 Å². The van der Waals surface area contributed by atoms with Crippen LogP contribution < -0.4 is 9.64 Å². The molecule has 0 aliphatic carbocycles. The maximum Gasteiger partial charge on any atom is 0.282 e. The zero-order valence-corrected chi connectivity index (χ0v) is 14.5. The van der Waals surface area contributed by atoms with Gasteiger partial charge in [0.2, 0.25) is 11.8 Å². The number of ether oxygens (including phenoxy) is 1. The van der Waals surface area contributed by atoms with Crippen LogP contribution in [0.2, 0.25) is 0 Å². The Labute approximate surface area is 141 Å². The molecule has 0 spiro atoms. The highest BCUT2D eigenvalue weighted by atomic mass is 32.2. The Bertz CT molecular complexity index is 681. The number of hydrogen-bond donors (Lipinski definition) is 0. The zero-order chi connectivity index (χ0) is 17.2. The monoisotopic (exact) mass is 359 g/mol. The molecule has 1 aromatic rings. The molecule has 8 nitrogen and oxygen atoms in total. The topological polar surface area (TPSA) is 78.9 Å². The lowest BCUT2D eigenvalue weighted by molar-refractivity contribution is 0.366. The van der Waals surface area contributed by atoms with Gasteiger partial charge in [0.15, 0.2) is 0 Å². The van der Waals surface area contributed by atoms with Crippen LogP contribution >= 0.6 is 0 Å². The molecule has 0 saturated carbocycles. The molecule has 0 aromatic carbocycles. The van der Waals surface area contributed by atoms with Crippen molar-refractivity contribution in [3.63, 3.8) is 0 Å². The average Bonchev–Trinajstić information content (AvgIpc) is 3.01. The van der Waals surface area contributed by atoms with Crippen molar-refractivity contribution in [1.82, 2.24) is 18.6 Å². The number of anilines is 1. The first-order valence-corrected chi connectivity index (χ1v) is 9.49. The van der Waals surface area contributed by atoms with Crippen molar-refractivity contribution in [1.29, 1.82) is 0 Å². The smallest absolute Gasteiger partial charge is 0.282 e. The zero-order valence-electron chi connectivity index (χ0n) is 13.7. The van der Waals surface area contributed by atoms with Crippen LogP contribution in [0.15, 0.2) is 6.20 Å². The van der Waals surface area contributed by atoms with Crippen LogP contribution in [0.1, 0.15) is 19.3 Å². The molecule has 2 fully saturated rings. The van der Waals surface area contributed by atoms with Gasteiger partial charge in [0.25, 0.3) is 16.1 Å². The Morgan fingerprint density at radius 1 is 1.04 bits per heavy atom. The summed E-state index contributed by atoms with van der Waals surface area (Å²) in [6, 6.07) is 0. The Morgan fingerprint density at radius 2 is 1.71 bits per heavy atom. The summed E-state index contributed by atoms with van der Waals surface area (Å²) in [4.78, 5) is 9.92. The molecular weight excluding hydrogens is 337 g/mol. The van der Waals surface area contributed by atoms with Gasteiger partial charge in [0.1, 0.15) is 0 Å². The predicted molar refractivity (Wildman–Crippen MR) is 86.7 cm³/mol. The molecule has 24 heavy (non-hydrogen) atoms. The van der Waals surface area contributed by atoms with E-state index >= 15 is 0 Å². The number of hydrogen-bond acceptors (Lipinski definition) is 6. The molecule has 2 aliphatic rings. The van der Waals surface area contributed by atoms with Gasteiger partial charge in [-0.25, -0.2) is 4.98 Å². The second-order valence-corrected chi connectivity index (χ2v) is 7.81. The van der Waals surface area contributed by atoms with Gasteiger partial charge in [0, 0.05) is 39.3 Å². The van der Waals surface area contributed by atoms with Crippen molar-refractivity contribution in [2.75, 3.05) is 51.3 Å². The van der Waals surface area contributed by atoms with E-state index in [1.165, 1.54) is 11.4 Å². The molecule has 0 atom stereocenters. The summed E-state index contributed by atoms with van der Waals surface area (Å²) in [5, 5.41) is 0. The first kappa shape index (κ1) is 17.3. The van der Waals surface area contributed by atoms with E-state index in [2.05, 4.69) is 9.97 Å². The minimum atomic E-state index is -3.40. The van der Waals surface area contributed by atoms with Gasteiger partial charge in [-0.3, -0.25) is 0 Å². The largest absolute Gasteiger partial charge is 0.479 e. The second kappa shape index (κ2) is 7.16. The van der Waals surface area contributed by atoms with Crippen molar-refractivity contribution < 1.29 is 17.5 Å². The lowest BCUT2D eigenvalue weighted by Crippen LogP contribution is -2.44. The maximum atomic E-state index is 13.4. The van der Waals surface area contributed by atoms with E-state index < -0.39 is 16.0 Å². The number of nitrogens with zero attached hydrogens (tertiary/aromatic N) is 5. The van der Waals surface area contributed by atoms with Crippen molar-refractivity contribution in [3.05, 3.63) is 12.0 Å². The predicted octanol–water partition coefficient (Wildman–Crippen LogP) is 0.477. The van der Waals surface area contributed by atoms with E-state index in [1.807, 2.05) is 4.90 Å². The van der Waals surface area contributed by atoms with Gasteiger partial charge < -0.3 is 9.64 Å². The molecule has 10 heteroatoms. The van der Waals surface area contributed by atoms with Gasteiger partial charge in [-0.1, -0.05) is 0 Å². The van der Waals surface area contributed by atoms with Crippen LogP contribution in [0, 0.1) is 5.82 Å². The van der Waals surface area contributed by atoms with Gasteiger partial charge in [-0.05, 0) is 19.3 Å². The lowest BCUT2D eigenvalue weighted by Gasteiger charge is -2.26. The van der Waals surface area contributed by atoms with Crippen molar-refractivity contribution >= 4 is 16.2 Å². The van der Waals surface area contributed by atoms with Crippen LogP contribution in [-0.2, 0) is 10.2 Å². The molecule has 3 heterocycles. The van der Waals surface area contributed by atoms with Crippen LogP contribution in [-0.4, -0.2) is 73.4 Å². The third kappa shape index (κ3) is 3.45. The molecule has 0 bridgehead atoms. The fourth-order valence-corrected chi connectivity index (χ4v) is 4.76. The summed E-state index contributed by atoms with van der Waals surface area (Å²) in [6.45, 7) is 3.10. The van der Waals surface area contributed by atoms with E-state index in [1.54, 1.807) is 4.31 Å². The first-order chi connectivity index (χ1) is 11.5. The van der Waals surface area contributed by atoms with E-state index in [-0.39, 0.29) is 5.88 Å². The molecule has 0 N–H and O–H groups in total. The number of halogens is 1. The highest BCUT2D eigenvalue weighted by molar-refractivity contribution is 7.86. The summed E-state index contributed by atoms with van der Waals surface area (Å²) in [7, 11) is -2.05. The maximum absolute atomic E-state index is 13.4. The summed E-state index contributed by atoms with van der Waals surface area (Å²) in [6.07, 6.45) is 3.58. The minimum Gasteiger partial charge on any atom is -0.479 e. The fourth-order valence-electron chi connectivity index (χ4n) is 3.04. The fraction of sp³-hybridized carbons (Fsp3) is 0.714. The molecule has 0 radical (unpaired) electrons. The van der Waals surface area contributed by atoms with E-state index in [4.69, 9.17) is 4.74 Å². The van der Waals surface area contributed by atoms with E-state index in [0.717, 1.165) is 19.0 Å². The highest BCUT2D eigenvalue weighted by Crippen LogP contribution is 2.21. The summed E-state index contributed by atoms with van der Waals surface area (Å²) < 4.78 is 46.7. The standard InChI is InChI=1S/C14H22FN5O3S/c1-23-13-12(15)11-16-14(17-13)18-5-4-8-20(10-9-18)24(21,22)19-6-2-3-7-19/h11H,2-10H2,1H3. The van der Waals surface area contributed by atoms with Gasteiger partial charge in [0.05, 0.1) is 13.3 Å². The molecule has 2 aliphatic heterocycles. The van der Waals surface area contributed by atoms with Gasteiger partial charge >= 0.3 is 0 Å². The van der Waals surface area contributed by atoms with Crippen LogP contribution in [0.4, 0.5) is 10.3 Å². The van der Waals surface area contributed by atoms with Gasteiger partial charge in [-0.15, -0.1) is 0 Å².